The first kappa shape index (κ1) is 18.4. The van der Waals surface area contributed by atoms with Crippen LogP contribution in [0.2, 0.25) is 0 Å². The van der Waals surface area contributed by atoms with Crippen molar-refractivity contribution in [2.45, 2.75) is 12.8 Å². The Balaban J connectivity index is 1.48. The number of hydrogen-bond donors (Lipinski definition) is 1. The number of unbranched alkanes of at least 4 members (excludes halogenated alkanes) is 1. The number of ether oxygens (including phenoxy) is 2. The second-order valence-electron chi connectivity index (χ2n) is 6.24. The van der Waals surface area contributed by atoms with Crippen molar-refractivity contribution in [1.82, 2.24) is 20.0 Å². The summed E-state index contributed by atoms with van der Waals surface area (Å²) in [5.74, 6) is 0.266. The number of carbonyl (C=O) groups is 1. The Morgan fingerprint density at radius 3 is 2.73 bits per heavy atom. The number of para-hydroxylation sites is 1. The van der Waals surface area contributed by atoms with Gasteiger partial charge >= 0.3 is 0 Å². The van der Waals surface area contributed by atoms with E-state index in [0.717, 1.165) is 51.4 Å². The van der Waals surface area contributed by atoms with Gasteiger partial charge in [-0.25, -0.2) is 4.68 Å². The fraction of sp³-hybridized carbons (Fsp3) is 0.474. The van der Waals surface area contributed by atoms with Crippen molar-refractivity contribution in [2.75, 3.05) is 46.5 Å². The van der Waals surface area contributed by atoms with Gasteiger partial charge in [0.15, 0.2) is 11.4 Å². The van der Waals surface area contributed by atoms with Gasteiger partial charge < -0.3 is 14.8 Å². The Hall–Kier alpha value is -2.38. The molecule has 1 aromatic heterocycles. The van der Waals surface area contributed by atoms with Crippen molar-refractivity contribution >= 4 is 5.91 Å². The number of carbonyl (C=O) groups excluding carboxylic acids is 1. The van der Waals surface area contributed by atoms with Crippen molar-refractivity contribution in [3.05, 3.63) is 42.2 Å². The number of methoxy groups -OCH3 is 1. The fourth-order valence-electron chi connectivity index (χ4n) is 2.95. The summed E-state index contributed by atoms with van der Waals surface area (Å²) in [6.45, 7) is 5.32. The summed E-state index contributed by atoms with van der Waals surface area (Å²) >= 11 is 0. The van der Waals surface area contributed by atoms with Crippen LogP contribution in [0.4, 0.5) is 0 Å². The predicted molar refractivity (Wildman–Crippen MR) is 98.9 cm³/mol. The van der Waals surface area contributed by atoms with Crippen LogP contribution in [0, 0.1) is 0 Å². The Bertz CT molecular complexity index is 696. The zero-order valence-electron chi connectivity index (χ0n) is 15.2. The normalized spacial score (nSPS) is 15.0. The fourth-order valence-corrected chi connectivity index (χ4v) is 2.95. The highest BCUT2D eigenvalue weighted by Gasteiger charge is 2.18. The van der Waals surface area contributed by atoms with E-state index in [2.05, 4.69) is 15.3 Å². The summed E-state index contributed by atoms with van der Waals surface area (Å²) in [6, 6.07) is 9.66. The minimum atomic E-state index is -0.206. The van der Waals surface area contributed by atoms with E-state index in [1.165, 1.54) is 0 Å². The molecule has 1 amide bonds. The van der Waals surface area contributed by atoms with Gasteiger partial charge in [0, 0.05) is 19.6 Å². The zero-order chi connectivity index (χ0) is 18.2. The molecule has 0 radical (unpaired) electrons. The smallest absolute Gasteiger partial charge is 0.275 e. The van der Waals surface area contributed by atoms with E-state index in [9.17, 15) is 4.79 Å². The molecule has 1 aliphatic rings. The molecule has 0 atom stereocenters. The molecule has 140 valence electrons. The van der Waals surface area contributed by atoms with Gasteiger partial charge in [-0.2, -0.15) is 5.10 Å². The molecule has 1 aromatic carbocycles. The molecule has 1 saturated heterocycles. The van der Waals surface area contributed by atoms with Gasteiger partial charge in [-0.1, -0.05) is 18.2 Å². The molecule has 0 unspecified atom stereocenters. The standard InChI is InChI=1S/C19H26N4O3/c1-25-17-15-23(16-7-3-2-4-8-16)21-18(17)19(24)20-9-5-6-10-22-11-13-26-14-12-22/h2-4,7-8,15H,5-6,9-14H2,1H3,(H,20,24). The van der Waals surface area contributed by atoms with Crippen LogP contribution in [-0.4, -0.2) is 67.1 Å². The van der Waals surface area contributed by atoms with Crippen molar-refractivity contribution in [1.29, 1.82) is 0 Å². The highest BCUT2D eigenvalue weighted by atomic mass is 16.5. The third-order valence-corrected chi connectivity index (χ3v) is 4.43. The first-order valence-corrected chi connectivity index (χ1v) is 9.05. The Morgan fingerprint density at radius 1 is 1.23 bits per heavy atom. The molecule has 0 aliphatic carbocycles. The first-order chi connectivity index (χ1) is 12.8. The monoisotopic (exact) mass is 358 g/mol. The molecule has 0 bridgehead atoms. The topological polar surface area (TPSA) is 68.6 Å². The van der Waals surface area contributed by atoms with Crippen LogP contribution in [-0.2, 0) is 4.74 Å². The Labute approximate surface area is 153 Å². The number of hydrogen-bond acceptors (Lipinski definition) is 5. The van der Waals surface area contributed by atoms with E-state index in [1.54, 1.807) is 18.0 Å². The van der Waals surface area contributed by atoms with E-state index in [0.29, 0.717) is 18.0 Å². The molecule has 3 rings (SSSR count). The van der Waals surface area contributed by atoms with Crippen LogP contribution in [0.5, 0.6) is 5.75 Å². The maximum absolute atomic E-state index is 12.4. The summed E-state index contributed by atoms with van der Waals surface area (Å²) in [5, 5.41) is 7.32. The molecule has 7 nitrogen and oxygen atoms in total. The highest BCUT2D eigenvalue weighted by Crippen LogP contribution is 2.19. The molecule has 0 spiro atoms. The largest absolute Gasteiger partial charge is 0.493 e. The van der Waals surface area contributed by atoms with Crippen molar-refractivity contribution in [3.63, 3.8) is 0 Å². The Kier molecular flexibility index (Phi) is 6.62. The summed E-state index contributed by atoms with van der Waals surface area (Å²) in [6.07, 6.45) is 3.71. The molecule has 1 N–H and O–H groups in total. The van der Waals surface area contributed by atoms with Crippen molar-refractivity contribution < 1.29 is 14.3 Å². The quantitative estimate of drug-likeness (QED) is 0.728. The third-order valence-electron chi connectivity index (χ3n) is 4.43. The molecule has 26 heavy (non-hydrogen) atoms. The molecule has 2 heterocycles. The lowest BCUT2D eigenvalue weighted by molar-refractivity contribution is 0.0372. The number of amides is 1. The van der Waals surface area contributed by atoms with Gasteiger partial charge in [-0.15, -0.1) is 0 Å². The minimum Gasteiger partial charge on any atom is -0.493 e. The van der Waals surface area contributed by atoms with Crippen molar-refractivity contribution in [3.8, 4) is 11.4 Å². The number of morpholine rings is 1. The van der Waals surface area contributed by atoms with E-state index in [1.807, 2.05) is 30.3 Å². The van der Waals surface area contributed by atoms with Crippen molar-refractivity contribution in [2.24, 2.45) is 0 Å². The lowest BCUT2D eigenvalue weighted by atomic mass is 10.2. The van der Waals surface area contributed by atoms with Gasteiger partial charge in [0.2, 0.25) is 0 Å². The zero-order valence-corrected chi connectivity index (χ0v) is 15.2. The lowest BCUT2D eigenvalue weighted by Gasteiger charge is -2.26. The third kappa shape index (κ3) is 4.83. The highest BCUT2D eigenvalue weighted by molar-refractivity contribution is 5.94. The van der Waals surface area contributed by atoms with Crippen LogP contribution >= 0.6 is 0 Å². The number of benzene rings is 1. The van der Waals surface area contributed by atoms with Gasteiger partial charge in [0.05, 0.1) is 32.2 Å². The maximum Gasteiger partial charge on any atom is 0.275 e. The van der Waals surface area contributed by atoms with Gasteiger partial charge in [-0.05, 0) is 31.5 Å². The predicted octanol–water partition coefficient (Wildman–Crippen LogP) is 1.72. The summed E-state index contributed by atoms with van der Waals surface area (Å²) < 4.78 is 12.3. The van der Waals surface area contributed by atoms with Crippen LogP contribution in [0.25, 0.3) is 5.69 Å². The second-order valence-corrected chi connectivity index (χ2v) is 6.24. The average molecular weight is 358 g/mol. The molecule has 1 fully saturated rings. The van der Waals surface area contributed by atoms with Crippen LogP contribution in [0.15, 0.2) is 36.5 Å². The molecular formula is C19H26N4O3. The minimum absolute atomic E-state index is 0.206. The SMILES string of the molecule is COc1cn(-c2ccccc2)nc1C(=O)NCCCCN1CCOCC1. The van der Waals surface area contributed by atoms with Gasteiger partial charge in [0.1, 0.15) is 0 Å². The maximum atomic E-state index is 12.4. The van der Waals surface area contributed by atoms with Gasteiger partial charge in [-0.3, -0.25) is 9.69 Å². The number of rotatable bonds is 8. The molecular weight excluding hydrogens is 332 g/mol. The molecule has 7 heteroatoms. The summed E-state index contributed by atoms with van der Waals surface area (Å²) in [4.78, 5) is 14.8. The number of nitrogens with one attached hydrogen (secondary N) is 1. The Morgan fingerprint density at radius 2 is 2.00 bits per heavy atom. The molecule has 0 saturated carbocycles. The summed E-state index contributed by atoms with van der Waals surface area (Å²) in [7, 11) is 1.55. The molecule has 2 aromatic rings. The van der Waals surface area contributed by atoms with E-state index in [4.69, 9.17) is 9.47 Å². The average Bonchev–Trinajstić information content (AvgIpc) is 3.14. The lowest BCUT2D eigenvalue weighted by Crippen LogP contribution is -2.37. The van der Waals surface area contributed by atoms with E-state index < -0.39 is 0 Å². The summed E-state index contributed by atoms with van der Waals surface area (Å²) in [5.41, 5.74) is 1.19. The number of aromatic nitrogens is 2. The van der Waals surface area contributed by atoms with E-state index >= 15 is 0 Å². The van der Waals surface area contributed by atoms with Crippen LogP contribution < -0.4 is 10.1 Å². The molecule has 1 aliphatic heterocycles. The number of nitrogens with zero attached hydrogens (tertiary/aromatic N) is 3. The van der Waals surface area contributed by atoms with E-state index in [-0.39, 0.29) is 5.91 Å². The van der Waals surface area contributed by atoms with Gasteiger partial charge in [0.25, 0.3) is 5.91 Å². The van der Waals surface area contributed by atoms with Crippen LogP contribution in [0.1, 0.15) is 23.3 Å². The van der Waals surface area contributed by atoms with Crippen LogP contribution in [0.3, 0.4) is 0 Å². The second kappa shape index (κ2) is 9.35. The first-order valence-electron chi connectivity index (χ1n) is 9.05.